The van der Waals surface area contributed by atoms with E-state index in [1.54, 1.807) is 0 Å². The van der Waals surface area contributed by atoms with Crippen LogP contribution in [-0.2, 0) is 4.74 Å². The van der Waals surface area contributed by atoms with Crippen LogP contribution in [0.5, 0.6) is 0 Å². The number of rotatable bonds is 2. The van der Waals surface area contributed by atoms with Crippen molar-refractivity contribution < 1.29 is 20.1 Å². The standard InChI is InChI=1S/C10H13N5O4/c11-8-5-9(13-2-12-8)15(3-14-5)10-7(18)6(17)4(1-16)19-10/h2-4,6-7,10,16-18H,1H2,(H2,11,12,13)/t4-,6-,7-,10-/m1/s1/i1+1,2+1,3+1,4+1,5+1,6+1,7+1,8+1,9+1,10+1,11+1,12+1,13+1,14+1,15+1. The van der Waals surface area contributed by atoms with Crippen LogP contribution in [-0.4, -0.2) is 59.8 Å². The summed E-state index contributed by atoms with van der Waals surface area (Å²) in [6, 6.07) is 0. The molecule has 1 aliphatic rings. The van der Waals surface area contributed by atoms with Crippen LogP contribution in [0.25, 0.3) is 11.2 Å². The van der Waals surface area contributed by atoms with E-state index in [0.717, 1.165) is 0 Å². The highest BCUT2D eigenvalue weighted by Crippen LogP contribution is 2.31. The Labute approximate surface area is 107 Å². The summed E-state index contributed by atoms with van der Waals surface area (Å²) in [6.45, 7) is -0.390. The van der Waals surface area contributed by atoms with Gasteiger partial charge in [-0.2, -0.15) is 0 Å². The number of hydrogen-bond acceptors (Lipinski definition) is 8. The zero-order valence-corrected chi connectivity index (χ0v) is 9.79. The molecule has 0 radical (unpaired) electrons. The average Bonchev–Trinajstić information content (AvgIpc) is 2.94. The molecule has 1 saturated heterocycles. The minimum atomic E-state index is -1.19. The van der Waals surface area contributed by atoms with Crippen LogP contribution in [0.1, 0.15) is 6.23 Å². The van der Waals surface area contributed by atoms with Gasteiger partial charge in [0.1, 0.15) is 30.2 Å². The van der Waals surface area contributed by atoms with E-state index < -0.39 is 31.1 Å². The number of imidazole rings is 1. The van der Waals surface area contributed by atoms with Gasteiger partial charge in [0.15, 0.2) is 17.7 Å². The molecule has 0 amide bonds. The van der Waals surface area contributed by atoms with E-state index in [1.165, 1.54) is 17.2 Å². The molecule has 4 atom stereocenters. The van der Waals surface area contributed by atoms with Gasteiger partial charge in [0.25, 0.3) is 0 Å². The molecule has 0 aromatic carbocycles. The van der Waals surface area contributed by atoms with Crippen LogP contribution in [0.15, 0.2) is 12.7 Å². The summed E-state index contributed by atoms with van der Waals surface area (Å²) >= 11 is 0. The number of nitrogens with zero attached hydrogens (tertiary/aromatic N) is 4. The fourth-order valence-corrected chi connectivity index (χ4v) is 2.17. The predicted molar refractivity (Wildman–Crippen MR) is 62.7 cm³/mol. The molecule has 3 rings (SSSR count). The van der Waals surface area contributed by atoms with Gasteiger partial charge in [-0.25, -0.2) is 15.0 Å². The lowest BCUT2D eigenvalue weighted by Gasteiger charge is -2.16. The third kappa shape index (κ3) is 1.75. The summed E-state index contributed by atoms with van der Waals surface area (Å²) in [6.07, 6.45) is -1.42. The van der Waals surface area contributed by atoms with Crippen molar-refractivity contribution >= 4 is 17.0 Å². The smallest absolute Gasteiger partial charge is 0.167 e. The fourth-order valence-electron chi connectivity index (χ4n) is 2.17. The number of aromatic nitrogens is 4. The molecule has 102 valence electrons. The van der Waals surface area contributed by atoms with Crippen molar-refractivity contribution in [2.45, 2.75) is 24.5 Å². The third-order valence-electron chi connectivity index (χ3n) is 3.18. The molecule has 2 aromatic rings. The first-order chi connectivity index (χ1) is 9.13. The topological polar surface area (TPSA) is 140 Å². The zero-order chi connectivity index (χ0) is 13.6. The highest BCUT2D eigenvalue weighted by molar-refractivity contribution is 5.81. The van der Waals surface area contributed by atoms with Gasteiger partial charge in [0.05, 0.1) is 12.9 Å². The Morgan fingerprint density at radius 3 is 2.74 bits per heavy atom. The normalized spacial score (nSPS) is 31.1. The van der Waals surface area contributed by atoms with Crippen molar-refractivity contribution in [1.29, 1.82) is 0 Å². The largest absolute Gasteiger partial charge is 0.394 e. The molecule has 0 bridgehead atoms. The molecular weight excluding hydrogens is 269 g/mol. The molecule has 0 spiro atoms. The van der Waals surface area contributed by atoms with Crippen LogP contribution in [0.3, 0.4) is 0 Å². The maximum Gasteiger partial charge on any atom is 0.167 e. The molecule has 5 N–H and O–H groups in total. The summed E-state index contributed by atoms with van der Waals surface area (Å²) in [5.41, 5.74) is 6.44. The van der Waals surface area contributed by atoms with E-state index >= 15 is 0 Å². The Kier molecular flexibility index (Phi) is 2.82. The number of aliphatic hydroxyl groups excluding tert-OH is 3. The van der Waals surface area contributed by atoms with Gasteiger partial charge < -0.3 is 25.8 Å². The number of hydrogen-bond donors (Lipinski definition) is 4. The highest BCUT2D eigenvalue weighted by atomic mass is 16.8. The Morgan fingerprint density at radius 1 is 1.26 bits per heavy atom. The molecular formula is C10H13N5O4. The first-order valence-corrected chi connectivity index (χ1v) is 5.69. The molecule has 0 saturated carbocycles. The molecule has 2 aromatic heterocycles. The van der Waals surface area contributed by atoms with Crippen LogP contribution in [0.2, 0.25) is 0 Å². The van der Waals surface area contributed by atoms with Crippen molar-refractivity contribution in [2.75, 3.05) is 12.3 Å². The monoisotopic (exact) mass is 282 g/mol. The molecule has 9 heteroatoms. The zero-order valence-electron chi connectivity index (χ0n) is 9.79. The number of fused-ring (bicyclic) bond motifs is 1. The van der Waals surface area contributed by atoms with Crippen LogP contribution in [0.4, 0.5) is 5.82 Å². The van der Waals surface area contributed by atoms with Gasteiger partial charge in [-0.1, -0.05) is 0 Å². The Hall–Kier alpha value is -1.81. The van der Waals surface area contributed by atoms with Crippen LogP contribution < -0.4 is 5.73 Å². The maximum atomic E-state index is 9.95. The minimum Gasteiger partial charge on any atom is -0.394 e. The lowest BCUT2D eigenvalue weighted by molar-refractivity contribution is -0.0511. The molecule has 9 nitrogen and oxygen atoms in total. The number of anilines is 1. The molecule has 0 unspecified atom stereocenters. The average molecular weight is 282 g/mol. The van der Waals surface area contributed by atoms with Crippen LogP contribution in [0, 0.1) is 0 Å². The van der Waals surface area contributed by atoms with Crippen molar-refractivity contribution in [2.24, 2.45) is 0 Å². The van der Waals surface area contributed by atoms with E-state index in [4.69, 9.17) is 15.6 Å². The SMILES string of the molecule is [15NH2][13c]1[15n][13cH][15n][13c]2[13c]1[15n][13cH][15n]2[13C@@H]1O[13C@H]([13CH2]O)[13C@@H](O)[13C@H]1O. The summed E-state index contributed by atoms with van der Waals surface area (Å²) in [7, 11) is 0. The lowest BCUT2D eigenvalue weighted by atomic mass is 11.1. The van der Waals surface area contributed by atoms with Crippen molar-refractivity contribution in [3.8, 4) is 0 Å². The van der Waals surface area contributed by atoms with E-state index in [0.29, 0.717) is 11.2 Å². The summed E-state index contributed by atoms with van der Waals surface area (Å²) < 4.78 is 6.85. The predicted octanol–water partition coefficient (Wildman–Crippen LogP) is -1.98. The lowest BCUT2D eigenvalue weighted by Crippen LogP contribution is -2.33. The Morgan fingerprint density at radius 2 is 2.05 bits per heavy atom. The molecule has 1 aliphatic heterocycles. The second kappa shape index (κ2) is 4.38. The second-order valence-electron chi connectivity index (χ2n) is 4.31. The van der Waals surface area contributed by atoms with E-state index in [-0.39, 0.29) is 5.82 Å². The third-order valence-corrected chi connectivity index (χ3v) is 3.18. The van der Waals surface area contributed by atoms with Crippen LogP contribution >= 0.6 is 0 Å². The van der Waals surface area contributed by atoms with Crippen molar-refractivity contribution in [1.82, 2.24) is 19.5 Å². The second-order valence-corrected chi connectivity index (χ2v) is 4.31. The van der Waals surface area contributed by atoms with Gasteiger partial charge >= 0.3 is 0 Å². The number of ether oxygens (including phenoxy) is 1. The van der Waals surface area contributed by atoms with Gasteiger partial charge in [-0.05, 0) is 0 Å². The maximum absolute atomic E-state index is 9.95. The van der Waals surface area contributed by atoms with Gasteiger partial charge in [-0.15, -0.1) is 0 Å². The quantitative estimate of drug-likeness (QED) is 0.367. The number of nitrogens with two attached hydrogens (primary N) is 1. The molecule has 3 heterocycles. The Bertz CT molecular complexity index is 603. The minimum absolute atomic E-state index is 0.218. The first kappa shape index (κ1) is 12.2. The van der Waals surface area contributed by atoms with E-state index in [1.807, 2.05) is 0 Å². The molecule has 1 fully saturated rings. The highest BCUT2D eigenvalue weighted by Gasteiger charge is 2.43. The molecule has 0 aliphatic carbocycles. The summed E-state index contributed by atoms with van der Waals surface area (Å²) in [5, 5.41) is 28.7. The molecule has 19 heavy (non-hydrogen) atoms. The number of nitrogen functional groups attached to an aromatic ring is 1. The number of aliphatic hydroxyl groups is 3. The fraction of sp³-hybridized carbons (Fsp3) is 0.500. The first-order valence-electron chi connectivity index (χ1n) is 5.69. The van der Waals surface area contributed by atoms with Gasteiger partial charge in [0.2, 0.25) is 0 Å². The van der Waals surface area contributed by atoms with Gasteiger partial charge in [-0.3, -0.25) is 4.57 Å². The summed E-state index contributed by atoms with van der Waals surface area (Å²) in [5.74, 6) is 0.218. The van der Waals surface area contributed by atoms with E-state index in [2.05, 4.69) is 15.0 Å². The van der Waals surface area contributed by atoms with Crippen molar-refractivity contribution in [3.05, 3.63) is 12.7 Å². The van der Waals surface area contributed by atoms with Gasteiger partial charge in [0, 0.05) is 0 Å². The van der Waals surface area contributed by atoms with E-state index in [9.17, 15) is 10.2 Å². The summed E-state index contributed by atoms with van der Waals surface area (Å²) in [4.78, 5) is 11.9. The Balaban J connectivity index is 2.04. The van der Waals surface area contributed by atoms with Crippen molar-refractivity contribution in [3.63, 3.8) is 0 Å².